The molecule has 0 aliphatic heterocycles. The van der Waals surface area contributed by atoms with E-state index in [1.165, 1.54) is 38.4 Å². The maximum absolute atomic E-state index is 10.7. The molecule has 1 saturated carbocycles. The molecular weight excluding hydrogens is 258 g/mol. The molecule has 0 radical (unpaired) electrons. The summed E-state index contributed by atoms with van der Waals surface area (Å²) in [7, 11) is 0. The maximum Gasteiger partial charge on any atom is 0.338 e. The number of carbonyl (C=O) groups is 1. The molecule has 5 heteroatoms. The highest BCUT2D eigenvalue weighted by Crippen LogP contribution is 2.20. The highest BCUT2D eigenvalue weighted by Gasteiger charge is 2.13. The van der Waals surface area contributed by atoms with Gasteiger partial charge in [0.2, 0.25) is 0 Å². The van der Waals surface area contributed by atoms with E-state index in [1.807, 2.05) is 0 Å². The van der Waals surface area contributed by atoms with E-state index in [2.05, 4.69) is 5.32 Å². The molecule has 20 heavy (non-hydrogen) atoms. The van der Waals surface area contributed by atoms with Crippen molar-refractivity contribution in [1.82, 2.24) is 5.32 Å². The molecule has 112 valence electrons. The van der Waals surface area contributed by atoms with E-state index in [1.54, 1.807) is 6.07 Å². The number of hydrogen-bond acceptors (Lipinski definition) is 4. The molecule has 0 spiro atoms. The molecular formula is C15H23NO4. The van der Waals surface area contributed by atoms with Crippen molar-refractivity contribution in [3.63, 3.8) is 0 Å². The molecule has 0 saturated heterocycles. The van der Waals surface area contributed by atoms with Crippen molar-refractivity contribution in [3.8, 4) is 0 Å². The lowest BCUT2D eigenvalue weighted by atomic mass is 9.98. The van der Waals surface area contributed by atoms with E-state index >= 15 is 0 Å². The number of rotatable bonds is 8. The third-order valence-electron chi connectivity index (χ3n) is 3.60. The SMILES string of the molecule is O=C(O)c1coc(CNCCCOC2CCCCC2)c1. The second-order valence-corrected chi connectivity index (χ2v) is 5.27. The third-order valence-corrected chi connectivity index (χ3v) is 3.60. The first-order valence-electron chi connectivity index (χ1n) is 7.39. The van der Waals surface area contributed by atoms with E-state index in [4.69, 9.17) is 14.3 Å². The molecule has 0 amide bonds. The minimum Gasteiger partial charge on any atom is -0.478 e. The van der Waals surface area contributed by atoms with E-state index in [-0.39, 0.29) is 5.56 Å². The van der Waals surface area contributed by atoms with E-state index < -0.39 is 5.97 Å². The summed E-state index contributed by atoms with van der Waals surface area (Å²) in [6.45, 7) is 2.18. The van der Waals surface area contributed by atoms with Crippen molar-refractivity contribution in [2.75, 3.05) is 13.2 Å². The average Bonchev–Trinajstić information content (AvgIpc) is 2.93. The normalized spacial score (nSPS) is 16.4. The summed E-state index contributed by atoms with van der Waals surface area (Å²) in [5.41, 5.74) is 0.197. The Balaban J connectivity index is 1.51. The van der Waals surface area contributed by atoms with E-state index in [0.717, 1.165) is 19.6 Å². The molecule has 0 aromatic carbocycles. The van der Waals surface area contributed by atoms with Crippen LogP contribution in [0.25, 0.3) is 0 Å². The second kappa shape index (κ2) is 8.07. The summed E-state index contributed by atoms with van der Waals surface area (Å²) < 4.78 is 11.0. The minimum atomic E-state index is -0.958. The molecule has 0 atom stereocenters. The van der Waals surface area contributed by atoms with Gasteiger partial charge in [-0.05, 0) is 31.9 Å². The van der Waals surface area contributed by atoms with Gasteiger partial charge in [0, 0.05) is 6.61 Å². The van der Waals surface area contributed by atoms with E-state index in [9.17, 15) is 4.79 Å². The van der Waals surface area contributed by atoms with Gasteiger partial charge < -0.3 is 19.6 Å². The van der Waals surface area contributed by atoms with Crippen molar-refractivity contribution in [1.29, 1.82) is 0 Å². The number of aromatic carboxylic acids is 1. The van der Waals surface area contributed by atoms with Crippen LogP contribution in [0.2, 0.25) is 0 Å². The van der Waals surface area contributed by atoms with Crippen LogP contribution in [0.1, 0.15) is 54.6 Å². The number of carboxylic acids is 1. The number of carboxylic acid groups (broad SMARTS) is 1. The van der Waals surface area contributed by atoms with Gasteiger partial charge in [-0.15, -0.1) is 0 Å². The Hall–Kier alpha value is -1.33. The first-order valence-corrected chi connectivity index (χ1v) is 7.39. The van der Waals surface area contributed by atoms with Gasteiger partial charge in [-0.3, -0.25) is 0 Å². The zero-order valence-electron chi connectivity index (χ0n) is 11.8. The van der Waals surface area contributed by atoms with Gasteiger partial charge in [0.05, 0.1) is 18.2 Å². The zero-order valence-corrected chi connectivity index (χ0v) is 11.8. The average molecular weight is 281 g/mol. The summed E-state index contributed by atoms with van der Waals surface area (Å²) in [4.78, 5) is 10.7. The Morgan fingerprint density at radius 1 is 1.40 bits per heavy atom. The fourth-order valence-corrected chi connectivity index (χ4v) is 2.48. The standard InChI is InChI=1S/C15H23NO4/c17-15(18)12-9-14(20-11-12)10-16-7-4-8-19-13-5-2-1-3-6-13/h9,11,13,16H,1-8,10H2,(H,17,18). The van der Waals surface area contributed by atoms with Gasteiger partial charge in [0.15, 0.2) is 0 Å². The molecule has 5 nitrogen and oxygen atoms in total. The molecule has 2 rings (SSSR count). The monoisotopic (exact) mass is 281 g/mol. The predicted molar refractivity (Wildman–Crippen MR) is 74.8 cm³/mol. The Morgan fingerprint density at radius 2 is 2.20 bits per heavy atom. The van der Waals surface area contributed by atoms with Gasteiger partial charge in [-0.1, -0.05) is 19.3 Å². The van der Waals surface area contributed by atoms with Gasteiger partial charge in [-0.2, -0.15) is 0 Å². The Morgan fingerprint density at radius 3 is 2.90 bits per heavy atom. The summed E-state index contributed by atoms with van der Waals surface area (Å²) >= 11 is 0. The molecule has 1 aromatic heterocycles. The molecule has 1 aliphatic rings. The summed E-state index contributed by atoms with van der Waals surface area (Å²) in [5.74, 6) is -0.309. The molecule has 1 heterocycles. The van der Waals surface area contributed by atoms with Gasteiger partial charge in [-0.25, -0.2) is 4.79 Å². The van der Waals surface area contributed by atoms with Crippen molar-refractivity contribution in [2.24, 2.45) is 0 Å². The van der Waals surface area contributed by atoms with Crippen LogP contribution in [0, 0.1) is 0 Å². The van der Waals surface area contributed by atoms with Gasteiger partial charge in [0.1, 0.15) is 12.0 Å². The zero-order chi connectivity index (χ0) is 14.2. The van der Waals surface area contributed by atoms with Crippen LogP contribution >= 0.6 is 0 Å². The number of ether oxygens (including phenoxy) is 1. The lowest BCUT2D eigenvalue weighted by Gasteiger charge is -2.21. The third kappa shape index (κ3) is 4.98. The smallest absolute Gasteiger partial charge is 0.338 e. The first kappa shape index (κ1) is 15.1. The maximum atomic E-state index is 10.7. The van der Waals surface area contributed by atoms with Crippen LogP contribution in [-0.4, -0.2) is 30.3 Å². The quantitative estimate of drug-likeness (QED) is 0.717. The fraction of sp³-hybridized carbons (Fsp3) is 0.667. The van der Waals surface area contributed by atoms with Crippen LogP contribution in [-0.2, 0) is 11.3 Å². The Kier molecular flexibility index (Phi) is 6.08. The lowest BCUT2D eigenvalue weighted by Crippen LogP contribution is -2.20. The molecule has 0 bridgehead atoms. The highest BCUT2D eigenvalue weighted by molar-refractivity contribution is 5.87. The number of hydrogen-bond donors (Lipinski definition) is 2. The van der Waals surface area contributed by atoms with Crippen LogP contribution in [0.15, 0.2) is 16.7 Å². The predicted octanol–water partition coefficient (Wildman–Crippen LogP) is 2.81. The number of furan rings is 1. The van der Waals surface area contributed by atoms with Crippen molar-refractivity contribution in [2.45, 2.75) is 51.2 Å². The molecule has 1 fully saturated rings. The van der Waals surface area contributed by atoms with Gasteiger partial charge >= 0.3 is 5.97 Å². The first-order chi connectivity index (χ1) is 9.75. The summed E-state index contributed by atoms with van der Waals surface area (Å²) in [5, 5.41) is 12.0. The van der Waals surface area contributed by atoms with Crippen LogP contribution < -0.4 is 5.32 Å². The second-order valence-electron chi connectivity index (χ2n) is 5.27. The Labute approximate surface area is 119 Å². The van der Waals surface area contributed by atoms with Crippen LogP contribution in [0.4, 0.5) is 0 Å². The lowest BCUT2D eigenvalue weighted by molar-refractivity contribution is 0.0272. The Bertz CT molecular complexity index is 410. The van der Waals surface area contributed by atoms with Crippen LogP contribution in [0.5, 0.6) is 0 Å². The topological polar surface area (TPSA) is 71.7 Å². The van der Waals surface area contributed by atoms with Gasteiger partial charge in [0.25, 0.3) is 0 Å². The summed E-state index contributed by atoms with van der Waals surface area (Å²) in [6, 6.07) is 1.55. The number of nitrogens with one attached hydrogen (secondary N) is 1. The van der Waals surface area contributed by atoms with Crippen LogP contribution in [0.3, 0.4) is 0 Å². The molecule has 0 unspecified atom stereocenters. The van der Waals surface area contributed by atoms with Crippen molar-refractivity contribution < 1.29 is 19.1 Å². The largest absolute Gasteiger partial charge is 0.478 e. The van der Waals surface area contributed by atoms with Crippen molar-refractivity contribution >= 4 is 5.97 Å². The summed E-state index contributed by atoms with van der Waals surface area (Å²) in [6.07, 6.45) is 9.06. The highest BCUT2D eigenvalue weighted by atomic mass is 16.5. The fourth-order valence-electron chi connectivity index (χ4n) is 2.48. The van der Waals surface area contributed by atoms with Crippen molar-refractivity contribution in [3.05, 3.63) is 23.7 Å². The molecule has 1 aromatic rings. The van der Waals surface area contributed by atoms with E-state index in [0.29, 0.717) is 18.4 Å². The molecule has 2 N–H and O–H groups in total. The minimum absolute atomic E-state index is 0.197. The molecule has 1 aliphatic carbocycles.